The minimum Gasteiger partial charge on any atom is -0.453 e. The molecule has 3 aliphatic heterocycles. The third-order valence-corrected chi connectivity index (χ3v) is 9.65. The van der Waals surface area contributed by atoms with E-state index in [0.717, 1.165) is 42.5 Å². The van der Waals surface area contributed by atoms with Crippen LogP contribution in [0.3, 0.4) is 0 Å². The minimum absolute atomic E-state index is 0.146. The van der Waals surface area contributed by atoms with Gasteiger partial charge in [0, 0.05) is 18.8 Å². The lowest BCUT2D eigenvalue weighted by Gasteiger charge is -2.52. The standard InChI is InChI=1S/C29H31ClN2O4S/c1-20-19-37-26(25(20)30)27(33)31-14-17-32-15-12-21(13-16-32)24(18-32)36-28(34)29(35,22-8-4-2-5-9-22)23-10-6-3-7-11-23/h2-11,19,21,24,35H,12-18H2,1H3/p+1/t21?,24-,32?/m0/s1. The molecule has 1 atom stereocenters. The Labute approximate surface area is 226 Å². The molecule has 6 nitrogen and oxygen atoms in total. The molecule has 37 heavy (non-hydrogen) atoms. The number of fused-ring (bicyclic) bond motifs is 3. The van der Waals surface area contributed by atoms with E-state index in [-0.39, 0.29) is 17.9 Å². The number of ether oxygens (including phenoxy) is 1. The molecular formula is C29H32ClN2O4S+. The van der Waals surface area contributed by atoms with Gasteiger partial charge in [0.2, 0.25) is 5.60 Å². The molecule has 0 unspecified atom stereocenters. The summed E-state index contributed by atoms with van der Waals surface area (Å²) < 4.78 is 6.92. The summed E-state index contributed by atoms with van der Waals surface area (Å²) in [5.41, 5.74) is 0.00128. The van der Waals surface area contributed by atoms with Gasteiger partial charge in [-0.1, -0.05) is 72.3 Å². The first-order chi connectivity index (χ1) is 17.8. The van der Waals surface area contributed by atoms with Gasteiger partial charge in [0.05, 0.1) is 31.2 Å². The van der Waals surface area contributed by atoms with Gasteiger partial charge in [0.25, 0.3) is 5.91 Å². The number of aryl methyl sites for hydroxylation is 1. The van der Waals surface area contributed by atoms with Crippen LogP contribution in [0.1, 0.15) is 39.2 Å². The van der Waals surface area contributed by atoms with Crippen LogP contribution in [0.2, 0.25) is 5.02 Å². The molecule has 3 fully saturated rings. The Bertz CT molecular complexity index is 1220. The van der Waals surface area contributed by atoms with Crippen molar-refractivity contribution in [1.82, 2.24) is 5.32 Å². The number of piperidine rings is 3. The van der Waals surface area contributed by atoms with Crippen molar-refractivity contribution in [2.75, 3.05) is 32.7 Å². The Morgan fingerprint density at radius 2 is 1.68 bits per heavy atom. The number of esters is 1. The molecule has 194 valence electrons. The van der Waals surface area contributed by atoms with E-state index >= 15 is 0 Å². The number of aliphatic hydroxyl groups is 1. The van der Waals surface area contributed by atoms with Crippen LogP contribution in [0.4, 0.5) is 0 Å². The molecule has 0 radical (unpaired) electrons. The third kappa shape index (κ3) is 5.06. The number of carbonyl (C=O) groups excluding carboxylic acids is 2. The van der Waals surface area contributed by atoms with Crippen LogP contribution in [0.25, 0.3) is 0 Å². The van der Waals surface area contributed by atoms with Crippen LogP contribution in [0.5, 0.6) is 0 Å². The minimum atomic E-state index is -1.88. The van der Waals surface area contributed by atoms with E-state index in [9.17, 15) is 14.7 Å². The molecule has 1 amide bonds. The molecule has 0 spiro atoms. The maximum Gasteiger partial charge on any atom is 0.348 e. The summed E-state index contributed by atoms with van der Waals surface area (Å²) in [6.45, 7) is 5.85. The van der Waals surface area contributed by atoms with Crippen LogP contribution in [-0.2, 0) is 15.1 Å². The number of nitrogens with zero attached hydrogens (tertiary/aromatic N) is 1. The second-order valence-electron chi connectivity index (χ2n) is 10.2. The van der Waals surface area contributed by atoms with Gasteiger partial charge < -0.3 is 19.6 Å². The first-order valence-corrected chi connectivity index (χ1v) is 14.0. The lowest BCUT2D eigenvalue weighted by molar-refractivity contribution is -0.945. The average Bonchev–Trinajstić information content (AvgIpc) is 3.27. The fourth-order valence-electron chi connectivity index (χ4n) is 5.72. The van der Waals surface area contributed by atoms with Gasteiger partial charge in [-0.05, 0) is 29.0 Å². The normalized spacial score (nSPS) is 23.0. The van der Waals surface area contributed by atoms with E-state index < -0.39 is 11.6 Å². The summed E-state index contributed by atoms with van der Waals surface area (Å²) in [7, 11) is 0. The van der Waals surface area contributed by atoms with Gasteiger partial charge in [0.1, 0.15) is 11.4 Å². The maximum atomic E-state index is 13.7. The smallest absolute Gasteiger partial charge is 0.348 e. The number of benzene rings is 2. The van der Waals surface area contributed by atoms with Crippen molar-refractivity contribution in [1.29, 1.82) is 0 Å². The largest absolute Gasteiger partial charge is 0.453 e. The summed E-state index contributed by atoms with van der Waals surface area (Å²) in [6.07, 6.45) is 1.63. The molecule has 3 saturated heterocycles. The van der Waals surface area contributed by atoms with E-state index in [2.05, 4.69) is 5.32 Å². The molecule has 0 saturated carbocycles. The molecule has 3 aromatic rings. The lowest BCUT2D eigenvalue weighted by Crippen LogP contribution is -2.66. The molecule has 1 aromatic heterocycles. The number of amides is 1. The van der Waals surface area contributed by atoms with Crippen molar-refractivity contribution in [2.45, 2.75) is 31.5 Å². The first-order valence-electron chi connectivity index (χ1n) is 12.7. The van der Waals surface area contributed by atoms with E-state index in [1.165, 1.54) is 11.3 Å². The van der Waals surface area contributed by atoms with Crippen LogP contribution < -0.4 is 5.32 Å². The van der Waals surface area contributed by atoms with E-state index in [1.807, 2.05) is 48.7 Å². The molecule has 6 rings (SSSR count). The van der Waals surface area contributed by atoms with Crippen molar-refractivity contribution >= 4 is 34.8 Å². The molecule has 3 aliphatic rings. The highest BCUT2D eigenvalue weighted by Gasteiger charge is 2.50. The van der Waals surface area contributed by atoms with E-state index in [1.54, 1.807) is 24.3 Å². The number of halogens is 1. The molecule has 4 heterocycles. The van der Waals surface area contributed by atoms with Crippen LogP contribution in [0.15, 0.2) is 66.0 Å². The first kappa shape index (κ1) is 25.9. The van der Waals surface area contributed by atoms with Crippen molar-refractivity contribution in [3.63, 3.8) is 0 Å². The Morgan fingerprint density at radius 3 is 2.22 bits per heavy atom. The molecule has 0 aliphatic carbocycles. The van der Waals surface area contributed by atoms with Gasteiger partial charge in [-0.2, -0.15) is 0 Å². The quantitative estimate of drug-likeness (QED) is 0.326. The summed E-state index contributed by atoms with van der Waals surface area (Å²) in [6, 6.07) is 18.0. The lowest BCUT2D eigenvalue weighted by atomic mass is 9.82. The van der Waals surface area contributed by atoms with Gasteiger partial charge in [-0.25, -0.2) is 4.79 Å². The molecule has 2 bridgehead atoms. The maximum absolute atomic E-state index is 13.7. The van der Waals surface area contributed by atoms with Crippen molar-refractivity contribution < 1.29 is 23.9 Å². The van der Waals surface area contributed by atoms with Crippen molar-refractivity contribution in [2.24, 2.45) is 5.92 Å². The van der Waals surface area contributed by atoms with Crippen LogP contribution in [0, 0.1) is 12.8 Å². The molecule has 2 N–H and O–H groups in total. The molecular weight excluding hydrogens is 508 g/mol. The number of quaternary nitrogens is 1. The fraction of sp³-hybridized carbons (Fsp3) is 0.379. The van der Waals surface area contributed by atoms with Gasteiger partial charge in [-0.3, -0.25) is 4.79 Å². The summed E-state index contributed by atoms with van der Waals surface area (Å²) in [5, 5.41) is 17.2. The number of hydrogen-bond acceptors (Lipinski definition) is 5. The van der Waals surface area contributed by atoms with Crippen molar-refractivity contribution in [3.05, 3.63) is 92.6 Å². The average molecular weight is 540 g/mol. The summed E-state index contributed by atoms with van der Waals surface area (Å²) in [4.78, 5) is 26.8. The third-order valence-electron chi connectivity index (χ3n) is 7.96. The highest BCUT2D eigenvalue weighted by Crippen LogP contribution is 2.38. The second-order valence-corrected chi connectivity index (χ2v) is 11.5. The van der Waals surface area contributed by atoms with Crippen LogP contribution in [-0.4, -0.2) is 60.3 Å². The van der Waals surface area contributed by atoms with Crippen LogP contribution >= 0.6 is 22.9 Å². The zero-order chi connectivity index (χ0) is 26.0. The van der Waals surface area contributed by atoms with E-state index in [4.69, 9.17) is 16.3 Å². The second kappa shape index (κ2) is 10.6. The fourth-order valence-corrected chi connectivity index (χ4v) is 6.92. The highest BCUT2D eigenvalue weighted by atomic mass is 35.5. The van der Waals surface area contributed by atoms with Gasteiger partial charge in [0.15, 0.2) is 6.10 Å². The zero-order valence-corrected chi connectivity index (χ0v) is 22.4. The monoisotopic (exact) mass is 539 g/mol. The number of hydrogen-bond donors (Lipinski definition) is 2. The Hall–Kier alpha value is -2.71. The SMILES string of the molecule is Cc1csc(C(=O)NCC[N+]23CCC(CC2)[C@@H](OC(=O)C(O)(c2ccccc2)c2ccccc2)C3)c1Cl. The Kier molecular flexibility index (Phi) is 7.41. The number of thiophene rings is 1. The molecule has 2 aromatic carbocycles. The van der Waals surface area contributed by atoms with Gasteiger partial charge >= 0.3 is 5.97 Å². The zero-order valence-electron chi connectivity index (χ0n) is 20.9. The highest BCUT2D eigenvalue weighted by molar-refractivity contribution is 7.13. The Balaban J connectivity index is 1.28. The van der Waals surface area contributed by atoms with Crippen molar-refractivity contribution in [3.8, 4) is 0 Å². The Morgan fingerprint density at radius 1 is 1.08 bits per heavy atom. The predicted molar refractivity (Wildman–Crippen MR) is 145 cm³/mol. The number of carbonyl (C=O) groups is 2. The predicted octanol–water partition coefficient (Wildman–Crippen LogP) is 4.53. The van der Waals surface area contributed by atoms with Gasteiger partial charge in [-0.15, -0.1) is 11.3 Å². The summed E-state index contributed by atoms with van der Waals surface area (Å²) >= 11 is 7.62. The summed E-state index contributed by atoms with van der Waals surface area (Å²) in [5.74, 6) is -0.507. The topological polar surface area (TPSA) is 75.6 Å². The number of rotatable bonds is 8. The number of nitrogens with one attached hydrogen (secondary N) is 1. The molecule has 8 heteroatoms. The van der Waals surface area contributed by atoms with E-state index in [0.29, 0.717) is 34.1 Å².